The van der Waals surface area contributed by atoms with Gasteiger partial charge in [-0.05, 0) is 53.1 Å². The first-order chi connectivity index (χ1) is 10.7. The molecule has 3 aromatic rings. The first-order valence-electron chi connectivity index (χ1n) is 6.66. The maximum atomic E-state index is 10.8. The highest BCUT2D eigenvalue weighted by Gasteiger charge is 2.11. The molecule has 3 rings (SSSR count). The number of hydrogen-bond acceptors (Lipinski definition) is 4. The third kappa shape index (κ3) is 2.91. The zero-order valence-electron chi connectivity index (χ0n) is 11.9. The van der Waals surface area contributed by atoms with Crippen molar-refractivity contribution in [3.8, 4) is 21.6 Å². The first-order valence-corrected chi connectivity index (χ1v) is 8.76. The number of nitrogens with zero attached hydrogens (tertiary/aromatic N) is 1. The summed E-state index contributed by atoms with van der Waals surface area (Å²) >= 11 is 3.37. The first kappa shape index (κ1) is 14.8. The molecule has 5 heteroatoms. The molecule has 3 nitrogen and oxygen atoms in total. The number of rotatable bonds is 4. The maximum absolute atomic E-state index is 10.8. The van der Waals surface area contributed by atoms with Crippen LogP contribution in [0.15, 0.2) is 64.9 Å². The lowest BCUT2D eigenvalue weighted by Gasteiger charge is -2.05. The molecule has 0 atom stereocenters. The molecule has 1 aromatic heterocycles. The Morgan fingerprint density at radius 1 is 0.955 bits per heavy atom. The molecule has 0 N–H and O–H groups in total. The Hall–Kier alpha value is -2.11. The lowest BCUT2D eigenvalue weighted by molar-refractivity contribution is -0.384. The van der Waals surface area contributed by atoms with E-state index in [0.717, 1.165) is 21.6 Å². The van der Waals surface area contributed by atoms with Crippen molar-refractivity contribution in [2.24, 2.45) is 0 Å². The summed E-state index contributed by atoms with van der Waals surface area (Å²) < 4.78 is 0. The fraction of sp³-hybridized carbons (Fsp3) is 0.0588. The lowest BCUT2D eigenvalue weighted by Crippen LogP contribution is -1.87. The molecular formula is C17H13NO2S2. The Kier molecular flexibility index (Phi) is 4.27. The van der Waals surface area contributed by atoms with Crippen molar-refractivity contribution in [2.45, 2.75) is 4.90 Å². The molecular weight excluding hydrogens is 314 g/mol. The number of non-ortho nitro benzene ring substituents is 1. The second kappa shape index (κ2) is 6.34. The molecule has 0 radical (unpaired) electrons. The molecule has 0 unspecified atom stereocenters. The van der Waals surface area contributed by atoms with Crippen LogP contribution in [0.5, 0.6) is 0 Å². The summed E-state index contributed by atoms with van der Waals surface area (Å²) in [7, 11) is 0. The normalized spacial score (nSPS) is 10.6. The molecule has 0 aliphatic heterocycles. The number of hydrogen-bond donors (Lipinski definition) is 0. The molecule has 2 aromatic carbocycles. The van der Waals surface area contributed by atoms with E-state index in [9.17, 15) is 10.1 Å². The highest BCUT2D eigenvalue weighted by atomic mass is 32.2. The van der Waals surface area contributed by atoms with Crippen molar-refractivity contribution in [1.29, 1.82) is 0 Å². The van der Waals surface area contributed by atoms with E-state index >= 15 is 0 Å². The van der Waals surface area contributed by atoms with Gasteiger partial charge in [0, 0.05) is 27.5 Å². The molecule has 0 aliphatic carbocycles. The van der Waals surface area contributed by atoms with Gasteiger partial charge in [-0.15, -0.1) is 23.1 Å². The van der Waals surface area contributed by atoms with Crippen LogP contribution in [-0.2, 0) is 0 Å². The smallest absolute Gasteiger partial charge is 0.258 e. The summed E-state index contributed by atoms with van der Waals surface area (Å²) in [5.41, 5.74) is 3.44. The zero-order chi connectivity index (χ0) is 15.5. The number of nitro benzene ring substituents is 1. The standard InChI is InChI=1S/C17H13NO2S2/c1-21-15-8-4-12(5-9-15)16-10-11-22-17(16)13-2-6-14(7-3-13)18(19)20/h2-11H,1H3. The highest BCUT2D eigenvalue weighted by molar-refractivity contribution is 7.98. The van der Waals surface area contributed by atoms with Crippen LogP contribution in [0.25, 0.3) is 21.6 Å². The van der Waals surface area contributed by atoms with Crippen molar-refractivity contribution in [1.82, 2.24) is 0 Å². The van der Waals surface area contributed by atoms with Crippen LogP contribution in [0.1, 0.15) is 0 Å². The summed E-state index contributed by atoms with van der Waals surface area (Å²) in [6.07, 6.45) is 2.06. The van der Waals surface area contributed by atoms with E-state index in [4.69, 9.17) is 0 Å². The third-order valence-corrected chi connectivity index (χ3v) is 5.11. The molecule has 0 saturated heterocycles. The minimum absolute atomic E-state index is 0.117. The Bertz CT molecular complexity index is 792. The summed E-state index contributed by atoms with van der Waals surface area (Å²) in [6.45, 7) is 0. The average molecular weight is 327 g/mol. The second-order valence-corrected chi connectivity index (χ2v) is 6.49. The maximum Gasteiger partial charge on any atom is 0.269 e. The Morgan fingerprint density at radius 3 is 2.18 bits per heavy atom. The predicted molar refractivity (Wildman–Crippen MR) is 93.6 cm³/mol. The zero-order valence-corrected chi connectivity index (χ0v) is 13.5. The highest BCUT2D eigenvalue weighted by Crippen LogP contribution is 2.37. The van der Waals surface area contributed by atoms with E-state index in [1.165, 1.54) is 4.90 Å². The van der Waals surface area contributed by atoms with Gasteiger partial charge in [-0.2, -0.15) is 0 Å². The van der Waals surface area contributed by atoms with Gasteiger partial charge < -0.3 is 0 Å². The van der Waals surface area contributed by atoms with Crippen molar-refractivity contribution in [2.75, 3.05) is 6.26 Å². The van der Waals surface area contributed by atoms with Crippen LogP contribution in [0, 0.1) is 10.1 Å². The predicted octanol–water partition coefficient (Wildman–Crippen LogP) is 5.71. The number of nitro groups is 1. The van der Waals surface area contributed by atoms with Crippen molar-refractivity contribution < 1.29 is 4.92 Å². The fourth-order valence-electron chi connectivity index (χ4n) is 2.27. The molecule has 0 saturated carbocycles. The molecule has 0 spiro atoms. The Balaban J connectivity index is 1.99. The number of benzene rings is 2. The average Bonchev–Trinajstić information content (AvgIpc) is 3.04. The minimum Gasteiger partial charge on any atom is -0.258 e. The van der Waals surface area contributed by atoms with Gasteiger partial charge in [-0.1, -0.05) is 12.1 Å². The SMILES string of the molecule is CSc1ccc(-c2ccsc2-c2ccc([N+](=O)[O-])cc2)cc1. The molecule has 0 bridgehead atoms. The summed E-state index contributed by atoms with van der Waals surface area (Å²) in [6, 6.07) is 17.3. The van der Waals surface area contributed by atoms with Crippen LogP contribution < -0.4 is 0 Å². The topological polar surface area (TPSA) is 43.1 Å². The van der Waals surface area contributed by atoms with Gasteiger partial charge in [0.15, 0.2) is 0 Å². The third-order valence-electron chi connectivity index (χ3n) is 3.41. The number of thioether (sulfide) groups is 1. The van der Waals surface area contributed by atoms with E-state index in [-0.39, 0.29) is 10.6 Å². The van der Waals surface area contributed by atoms with Crippen molar-refractivity contribution in [3.05, 3.63) is 70.1 Å². The summed E-state index contributed by atoms with van der Waals surface area (Å²) in [4.78, 5) is 12.7. The summed E-state index contributed by atoms with van der Waals surface area (Å²) in [5, 5.41) is 12.8. The Morgan fingerprint density at radius 2 is 1.59 bits per heavy atom. The van der Waals surface area contributed by atoms with E-state index in [2.05, 4.69) is 42.0 Å². The van der Waals surface area contributed by atoms with E-state index < -0.39 is 0 Å². The van der Waals surface area contributed by atoms with Crippen molar-refractivity contribution in [3.63, 3.8) is 0 Å². The fourth-order valence-corrected chi connectivity index (χ4v) is 3.60. The van der Waals surface area contributed by atoms with Gasteiger partial charge in [0.25, 0.3) is 5.69 Å². The molecule has 1 heterocycles. The van der Waals surface area contributed by atoms with E-state index in [1.54, 1.807) is 35.2 Å². The molecule has 0 amide bonds. The van der Waals surface area contributed by atoms with Crippen molar-refractivity contribution >= 4 is 28.8 Å². The second-order valence-electron chi connectivity index (χ2n) is 4.70. The summed E-state index contributed by atoms with van der Waals surface area (Å²) in [5.74, 6) is 0. The van der Waals surface area contributed by atoms with Crippen LogP contribution >= 0.6 is 23.1 Å². The van der Waals surface area contributed by atoms with Gasteiger partial charge in [-0.25, -0.2) is 0 Å². The van der Waals surface area contributed by atoms with Gasteiger partial charge in [-0.3, -0.25) is 10.1 Å². The molecule has 110 valence electrons. The van der Waals surface area contributed by atoms with Crippen LogP contribution in [0.3, 0.4) is 0 Å². The van der Waals surface area contributed by atoms with Gasteiger partial charge in [0.1, 0.15) is 0 Å². The largest absolute Gasteiger partial charge is 0.269 e. The monoisotopic (exact) mass is 327 g/mol. The van der Waals surface area contributed by atoms with E-state index in [0.29, 0.717) is 0 Å². The van der Waals surface area contributed by atoms with Gasteiger partial charge in [0.05, 0.1) is 4.92 Å². The van der Waals surface area contributed by atoms with Gasteiger partial charge in [0.2, 0.25) is 0 Å². The quantitative estimate of drug-likeness (QED) is 0.350. The van der Waals surface area contributed by atoms with Crippen LogP contribution in [-0.4, -0.2) is 11.2 Å². The van der Waals surface area contributed by atoms with Crippen LogP contribution in [0.4, 0.5) is 5.69 Å². The molecule has 0 fully saturated rings. The van der Waals surface area contributed by atoms with Crippen LogP contribution in [0.2, 0.25) is 0 Å². The number of thiophene rings is 1. The minimum atomic E-state index is -0.375. The van der Waals surface area contributed by atoms with E-state index in [1.807, 2.05) is 12.1 Å². The molecule has 0 aliphatic rings. The molecule has 22 heavy (non-hydrogen) atoms. The Labute approximate surface area is 136 Å². The van der Waals surface area contributed by atoms with Gasteiger partial charge >= 0.3 is 0 Å². The lowest BCUT2D eigenvalue weighted by atomic mass is 10.0.